The summed E-state index contributed by atoms with van der Waals surface area (Å²) < 4.78 is 0. The molecule has 2 heteroatoms. The van der Waals surface area contributed by atoms with Crippen LogP contribution < -0.4 is 4.90 Å². The van der Waals surface area contributed by atoms with Crippen molar-refractivity contribution in [3.05, 3.63) is 0 Å². The van der Waals surface area contributed by atoms with Crippen molar-refractivity contribution in [1.29, 1.82) is 0 Å². The Balaban J connectivity index is 2.27. The summed E-state index contributed by atoms with van der Waals surface area (Å²) >= 11 is 0. The van der Waals surface area contributed by atoms with Gasteiger partial charge in [0.2, 0.25) is 0 Å². The second kappa shape index (κ2) is 4.64. The molecule has 1 heterocycles. The number of nitrogens with one attached hydrogen (secondary N) is 1. The van der Waals surface area contributed by atoms with Gasteiger partial charge in [-0.25, -0.2) is 0 Å². The topological polar surface area (TPSA) is 24.7 Å². The molecule has 2 nitrogen and oxygen atoms in total. The van der Waals surface area contributed by atoms with Crippen LogP contribution in [0.3, 0.4) is 0 Å². The lowest BCUT2D eigenvalue weighted by Crippen LogP contribution is -3.12. The maximum Gasteiger partial charge on any atom is 0.139 e. The lowest BCUT2D eigenvalue weighted by Gasteiger charge is -2.21. The molecule has 0 aromatic carbocycles. The van der Waals surface area contributed by atoms with Gasteiger partial charge in [-0.1, -0.05) is 5.92 Å². The summed E-state index contributed by atoms with van der Waals surface area (Å²) in [4.78, 5) is 1.57. The molecule has 1 aliphatic heterocycles. The van der Waals surface area contributed by atoms with Gasteiger partial charge in [-0.05, 0) is 39.0 Å². The van der Waals surface area contributed by atoms with Gasteiger partial charge in [0.05, 0.1) is 13.1 Å². The molecule has 0 bridgehead atoms. The van der Waals surface area contributed by atoms with Crippen LogP contribution in [0.25, 0.3) is 0 Å². The molecule has 0 aromatic heterocycles. The normalized spacial score (nSPS) is 19.3. The van der Waals surface area contributed by atoms with Crippen LogP contribution in [0.2, 0.25) is 0 Å². The molecule has 2 N–H and O–H groups in total. The second-order valence-corrected chi connectivity index (χ2v) is 4.35. The van der Waals surface area contributed by atoms with Crippen molar-refractivity contribution in [3.63, 3.8) is 0 Å². The highest BCUT2D eigenvalue weighted by Crippen LogP contribution is 1.96. The van der Waals surface area contributed by atoms with Gasteiger partial charge in [0.25, 0.3) is 0 Å². The average molecular weight is 182 g/mol. The predicted octanol–water partition coefficient (Wildman–Crippen LogP) is -0.171. The number of hydrogen-bond acceptors (Lipinski definition) is 1. The van der Waals surface area contributed by atoms with Crippen molar-refractivity contribution in [2.45, 2.75) is 38.7 Å². The van der Waals surface area contributed by atoms with Gasteiger partial charge in [0, 0.05) is 0 Å². The summed E-state index contributed by atoms with van der Waals surface area (Å²) in [6, 6.07) is 0. The Labute approximate surface area is 80.9 Å². The quantitative estimate of drug-likeness (QED) is 0.541. The van der Waals surface area contributed by atoms with Gasteiger partial charge in [-0.3, -0.25) is 0 Å². The van der Waals surface area contributed by atoms with E-state index in [0.29, 0.717) is 0 Å². The van der Waals surface area contributed by atoms with E-state index in [4.69, 9.17) is 0 Å². The minimum atomic E-state index is -0.824. The largest absolute Gasteiger partial charge is 0.378 e. The van der Waals surface area contributed by atoms with Gasteiger partial charge < -0.3 is 10.0 Å². The second-order valence-electron chi connectivity index (χ2n) is 4.35. The van der Waals surface area contributed by atoms with Crippen LogP contribution in [0.4, 0.5) is 0 Å². The first-order valence-corrected chi connectivity index (χ1v) is 5.14. The highest BCUT2D eigenvalue weighted by molar-refractivity contribution is 5.09. The first-order chi connectivity index (χ1) is 6.08. The first kappa shape index (κ1) is 10.6. The molecule has 0 atom stereocenters. The van der Waals surface area contributed by atoms with Gasteiger partial charge in [-0.15, -0.1) is 0 Å². The Bertz CT molecular complexity index is 200. The smallest absolute Gasteiger partial charge is 0.139 e. The third-order valence-electron chi connectivity index (χ3n) is 2.29. The number of aliphatic hydroxyl groups is 1. The minimum absolute atomic E-state index is 0.824. The van der Waals surface area contributed by atoms with E-state index in [1.807, 2.05) is 0 Å². The standard InChI is InChI=1S/C11H19NO/c1-11(2,13)7-6-10-12-8-4-3-5-9-12/h13H,3-5,8-10H2,1-2H3/p+1. The number of likely N-dealkylation sites (tertiary alicyclic amines) is 1. The molecule has 0 unspecified atom stereocenters. The zero-order valence-electron chi connectivity index (χ0n) is 8.69. The van der Waals surface area contributed by atoms with Crippen molar-refractivity contribution in [3.8, 4) is 11.8 Å². The Morgan fingerprint density at radius 3 is 2.38 bits per heavy atom. The molecule has 13 heavy (non-hydrogen) atoms. The molecule has 1 fully saturated rings. The Hall–Kier alpha value is -0.520. The molecule has 0 spiro atoms. The van der Waals surface area contributed by atoms with Crippen molar-refractivity contribution < 1.29 is 10.0 Å². The summed E-state index contributed by atoms with van der Waals surface area (Å²) in [5.74, 6) is 5.91. The Morgan fingerprint density at radius 2 is 1.85 bits per heavy atom. The number of piperidine rings is 1. The van der Waals surface area contributed by atoms with E-state index in [9.17, 15) is 5.11 Å². The lowest BCUT2D eigenvalue weighted by atomic mass is 10.1. The summed E-state index contributed by atoms with van der Waals surface area (Å²) in [5.41, 5.74) is -0.824. The van der Waals surface area contributed by atoms with E-state index in [-0.39, 0.29) is 0 Å². The van der Waals surface area contributed by atoms with E-state index in [1.165, 1.54) is 32.4 Å². The van der Waals surface area contributed by atoms with E-state index in [0.717, 1.165) is 6.54 Å². The van der Waals surface area contributed by atoms with E-state index in [1.54, 1.807) is 18.7 Å². The van der Waals surface area contributed by atoms with E-state index >= 15 is 0 Å². The fraction of sp³-hybridized carbons (Fsp3) is 0.818. The lowest BCUT2D eigenvalue weighted by molar-refractivity contribution is -0.897. The molecule has 1 saturated heterocycles. The van der Waals surface area contributed by atoms with Crippen LogP contribution in [-0.2, 0) is 0 Å². The zero-order chi connectivity index (χ0) is 9.73. The summed E-state index contributed by atoms with van der Waals surface area (Å²) in [7, 11) is 0. The van der Waals surface area contributed by atoms with E-state index in [2.05, 4.69) is 11.8 Å². The third-order valence-corrected chi connectivity index (χ3v) is 2.29. The van der Waals surface area contributed by atoms with Crippen LogP contribution in [0.5, 0.6) is 0 Å². The highest BCUT2D eigenvalue weighted by atomic mass is 16.3. The van der Waals surface area contributed by atoms with Gasteiger partial charge >= 0.3 is 0 Å². The summed E-state index contributed by atoms with van der Waals surface area (Å²) in [6.07, 6.45) is 4.04. The maximum absolute atomic E-state index is 9.36. The molecular weight excluding hydrogens is 162 g/mol. The summed E-state index contributed by atoms with van der Waals surface area (Å²) in [5, 5.41) is 9.36. The average Bonchev–Trinajstić information content (AvgIpc) is 2.04. The summed E-state index contributed by atoms with van der Waals surface area (Å²) in [6.45, 7) is 6.85. The van der Waals surface area contributed by atoms with Gasteiger partial charge in [0.15, 0.2) is 0 Å². The van der Waals surface area contributed by atoms with Crippen molar-refractivity contribution in [2.24, 2.45) is 0 Å². The molecule has 0 amide bonds. The monoisotopic (exact) mass is 182 g/mol. The fourth-order valence-electron chi connectivity index (χ4n) is 1.61. The van der Waals surface area contributed by atoms with Crippen LogP contribution in [0.15, 0.2) is 0 Å². The predicted molar refractivity (Wildman–Crippen MR) is 53.5 cm³/mol. The van der Waals surface area contributed by atoms with E-state index < -0.39 is 5.60 Å². The maximum atomic E-state index is 9.36. The van der Waals surface area contributed by atoms with Crippen LogP contribution in [0, 0.1) is 11.8 Å². The van der Waals surface area contributed by atoms with Crippen molar-refractivity contribution in [2.75, 3.05) is 19.6 Å². The molecule has 1 rings (SSSR count). The molecule has 0 saturated carbocycles. The van der Waals surface area contributed by atoms with Crippen molar-refractivity contribution >= 4 is 0 Å². The zero-order valence-corrected chi connectivity index (χ0v) is 8.69. The molecule has 74 valence electrons. The van der Waals surface area contributed by atoms with Gasteiger partial charge in [-0.2, -0.15) is 0 Å². The number of hydrogen-bond donors (Lipinski definition) is 2. The minimum Gasteiger partial charge on any atom is -0.378 e. The molecule has 0 aliphatic carbocycles. The molecule has 0 radical (unpaired) electrons. The van der Waals surface area contributed by atoms with Crippen LogP contribution in [0.1, 0.15) is 33.1 Å². The third kappa shape index (κ3) is 4.92. The first-order valence-electron chi connectivity index (χ1n) is 5.14. The fourth-order valence-corrected chi connectivity index (χ4v) is 1.61. The van der Waals surface area contributed by atoms with Crippen LogP contribution in [-0.4, -0.2) is 30.3 Å². The SMILES string of the molecule is CC(C)(O)C#CC[NH+]1CCCCC1. The number of quaternary nitrogens is 1. The molecule has 1 aliphatic rings. The Kier molecular flexibility index (Phi) is 3.77. The molecule has 0 aromatic rings. The van der Waals surface area contributed by atoms with Crippen molar-refractivity contribution in [1.82, 2.24) is 0 Å². The highest BCUT2D eigenvalue weighted by Gasteiger charge is 2.12. The Morgan fingerprint density at radius 1 is 1.23 bits per heavy atom. The van der Waals surface area contributed by atoms with Gasteiger partial charge in [0.1, 0.15) is 12.1 Å². The molecular formula is C11H20NO+. The van der Waals surface area contributed by atoms with Crippen LogP contribution >= 0.6 is 0 Å². The number of rotatable bonds is 1.